The van der Waals surface area contributed by atoms with Crippen molar-refractivity contribution in [3.63, 3.8) is 0 Å². The van der Waals surface area contributed by atoms with E-state index in [1.807, 2.05) is 4.90 Å². The van der Waals surface area contributed by atoms with Gasteiger partial charge in [0.05, 0.1) is 40.0 Å². The Morgan fingerprint density at radius 2 is 1.85 bits per heavy atom. The third-order valence-corrected chi connectivity index (χ3v) is 9.49. The molecule has 1 amide bonds. The second-order valence-electron chi connectivity index (χ2n) is 10.7. The summed E-state index contributed by atoms with van der Waals surface area (Å²) in [6, 6.07) is 5.09. The van der Waals surface area contributed by atoms with Gasteiger partial charge in [-0.25, -0.2) is 21.9 Å². The first-order valence-corrected chi connectivity index (χ1v) is 16.1. The average molecular weight is 713 g/mol. The van der Waals surface area contributed by atoms with E-state index in [2.05, 4.69) is 27.2 Å². The van der Waals surface area contributed by atoms with Gasteiger partial charge in [0, 0.05) is 32.1 Å². The molecule has 1 fully saturated rings. The molecule has 0 radical (unpaired) electrons. The second-order valence-corrected chi connectivity index (χ2v) is 13.4. The molecule has 0 aliphatic carbocycles. The Hall–Kier alpha value is -3.82. The molecule has 2 aromatic carbocycles. The lowest BCUT2D eigenvalue weighted by Crippen LogP contribution is -2.46. The number of anilines is 2. The third kappa shape index (κ3) is 9.61. The maximum atomic E-state index is 14.8. The Bertz CT molecular complexity index is 1800. The van der Waals surface area contributed by atoms with Gasteiger partial charge in [-0.2, -0.15) is 26.3 Å². The normalized spacial score (nSPS) is 17.6. The number of halogens is 8. The summed E-state index contributed by atoms with van der Waals surface area (Å²) in [4.78, 5) is 11.9. The highest BCUT2D eigenvalue weighted by molar-refractivity contribution is 7.90. The van der Waals surface area contributed by atoms with E-state index in [4.69, 9.17) is 0 Å². The quantitative estimate of drug-likeness (QED) is 0.190. The van der Waals surface area contributed by atoms with Crippen LogP contribution in [0.4, 0.5) is 46.5 Å². The standard InChI is InChI=1S/C29H28F8N4O4S2/c1-16(42)40-47(43,44)26-12-24(45-15-29(35,36)37)23(11-19(26)30)38-9-4-7-25-18(13-28(32,33)34)17-5-3-6-22(27(17)46-25)39-21-8-10-41(2)14-20(21)31/h3,5-6,11-12,20-21,38-39H,8-10,13-15H2,1-2H3,(H,40,42). The van der Waals surface area contributed by atoms with Gasteiger partial charge in [0.15, 0.2) is 6.61 Å². The summed E-state index contributed by atoms with van der Waals surface area (Å²) in [6.07, 6.45) is -11.5. The summed E-state index contributed by atoms with van der Waals surface area (Å²) < 4.78 is 140. The fourth-order valence-corrected chi connectivity index (χ4v) is 7.08. The number of nitrogens with zero attached hydrogens (tertiary/aromatic N) is 1. The van der Waals surface area contributed by atoms with Gasteiger partial charge in [-0.3, -0.25) is 4.79 Å². The first kappa shape index (κ1) is 36.0. The summed E-state index contributed by atoms with van der Waals surface area (Å²) in [5, 5.41) is 5.87. The highest BCUT2D eigenvalue weighted by atomic mass is 32.2. The number of carbonyl (C=O) groups excluding carboxylic acids is 1. The van der Waals surface area contributed by atoms with Crippen molar-refractivity contribution in [2.45, 2.75) is 49.2 Å². The molecule has 18 heteroatoms. The third-order valence-electron chi connectivity index (χ3n) is 6.84. The topological polar surface area (TPSA) is 99.8 Å². The van der Waals surface area contributed by atoms with E-state index in [-0.39, 0.29) is 22.4 Å². The number of nitrogens with one attached hydrogen (secondary N) is 3. The molecule has 2 unspecified atom stereocenters. The van der Waals surface area contributed by atoms with Gasteiger partial charge in [-0.1, -0.05) is 24.0 Å². The molecule has 0 bridgehead atoms. The van der Waals surface area contributed by atoms with Crippen molar-refractivity contribution in [2.75, 3.05) is 43.9 Å². The summed E-state index contributed by atoms with van der Waals surface area (Å²) in [7, 11) is -3.02. The number of rotatable bonds is 9. The highest BCUT2D eigenvalue weighted by Gasteiger charge is 2.33. The molecule has 1 saturated heterocycles. The van der Waals surface area contributed by atoms with Gasteiger partial charge in [0.1, 0.15) is 22.6 Å². The molecule has 3 aromatic rings. The molecule has 1 aliphatic rings. The fourth-order valence-electron chi connectivity index (χ4n) is 4.85. The first-order valence-electron chi connectivity index (χ1n) is 13.8. The minimum absolute atomic E-state index is 0.0324. The molecule has 256 valence electrons. The Morgan fingerprint density at radius 3 is 2.49 bits per heavy atom. The van der Waals surface area contributed by atoms with Crippen LogP contribution >= 0.6 is 11.3 Å². The maximum Gasteiger partial charge on any atom is 0.422 e. The molecular formula is C29H28F8N4O4S2. The smallest absolute Gasteiger partial charge is 0.422 e. The van der Waals surface area contributed by atoms with E-state index in [9.17, 15) is 48.3 Å². The summed E-state index contributed by atoms with van der Waals surface area (Å²) in [6.45, 7) is -0.667. The first-order chi connectivity index (χ1) is 21.8. The number of sulfonamides is 1. The van der Waals surface area contributed by atoms with Crippen molar-refractivity contribution in [1.82, 2.24) is 9.62 Å². The number of likely N-dealkylation sites (tertiary alicyclic amines) is 1. The van der Waals surface area contributed by atoms with E-state index in [1.54, 1.807) is 19.2 Å². The Balaban J connectivity index is 1.65. The van der Waals surface area contributed by atoms with Crippen molar-refractivity contribution in [3.05, 3.63) is 46.6 Å². The molecular weight excluding hydrogens is 684 g/mol. The predicted octanol–water partition coefficient (Wildman–Crippen LogP) is 5.83. The molecule has 2 heterocycles. The lowest BCUT2D eigenvalue weighted by atomic mass is 10.0. The maximum absolute atomic E-state index is 14.8. The molecule has 3 N–H and O–H groups in total. The molecule has 47 heavy (non-hydrogen) atoms. The molecule has 2 atom stereocenters. The molecule has 0 saturated carbocycles. The summed E-state index contributed by atoms with van der Waals surface area (Å²) in [5.74, 6) is 1.92. The van der Waals surface area contributed by atoms with Crippen molar-refractivity contribution in [3.8, 4) is 17.6 Å². The van der Waals surface area contributed by atoms with E-state index < -0.39 is 82.2 Å². The van der Waals surface area contributed by atoms with Crippen LogP contribution in [0.1, 0.15) is 23.8 Å². The van der Waals surface area contributed by atoms with Crippen LogP contribution < -0.4 is 20.1 Å². The monoisotopic (exact) mass is 712 g/mol. The van der Waals surface area contributed by atoms with Crippen LogP contribution in [0, 0.1) is 17.7 Å². The molecule has 1 aliphatic heterocycles. The number of benzene rings is 2. The van der Waals surface area contributed by atoms with Crippen LogP contribution in [0.2, 0.25) is 0 Å². The molecule has 8 nitrogen and oxygen atoms in total. The van der Waals surface area contributed by atoms with E-state index in [0.29, 0.717) is 35.5 Å². The Kier molecular flexibility index (Phi) is 10.8. The van der Waals surface area contributed by atoms with Crippen LogP contribution in [0.5, 0.6) is 5.75 Å². The van der Waals surface area contributed by atoms with Crippen molar-refractivity contribution in [2.24, 2.45) is 0 Å². The fraction of sp³-hybridized carbons (Fsp3) is 0.414. The van der Waals surface area contributed by atoms with Crippen LogP contribution in [-0.2, 0) is 21.2 Å². The Morgan fingerprint density at radius 1 is 1.13 bits per heavy atom. The van der Waals surface area contributed by atoms with Gasteiger partial charge in [0.25, 0.3) is 10.0 Å². The second kappa shape index (κ2) is 14.1. The van der Waals surface area contributed by atoms with E-state index >= 15 is 0 Å². The lowest BCUT2D eigenvalue weighted by Gasteiger charge is -2.33. The minimum Gasteiger partial charge on any atom is -0.482 e. The highest BCUT2D eigenvalue weighted by Crippen LogP contribution is 2.40. The van der Waals surface area contributed by atoms with Gasteiger partial charge in [-0.15, -0.1) is 11.3 Å². The predicted molar refractivity (Wildman–Crippen MR) is 160 cm³/mol. The van der Waals surface area contributed by atoms with Gasteiger partial charge in [0.2, 0.25) is 5.91 Å². The lowest BCUT2D eigenvalue weighted by molar-refractivity contribution is -0.153. The SMILES string of the molecule is CC(=O)NS(=O)(=O)c1cc(OCC(F)(F)F)c(NCC#Cc2sc3c(NC4CCN(C)CC4F)cccc3c2CC(F)(F)F)cc1F. The minimum atomic E-state index is -4.86. The molecule has 0 spiro atoms. The number of ether oxygens (including phenoxy) is 1. The number of thiophene rings is 1. The number of hydrogen-bond donors (Lipinski definition) is 3. The molecule has 4 rings (SSSR count). The zero-order chi connectivity index (χ0) is 34.7. The van der Waals surface area contributed by atoms with Gasteiger partial charge >= 0.3 is 12.4 Å². The van der Waals surface area contributed by atoms with Crippen molar-refractivity contribution >= 4 is 48.7 Å². The van der Waals surface area contributed by atoms with Crippen molar-refractivity contribution < 1.29 is 53.1 Å². The molecule has 1 aromatic heterocycles. The summed E-state index contributed by atoms with van der Waals surface area (Å²) in [5.41, 5.74) is -0.128. The summed E-state index contributed by atoms with van der Waals surface area (Å²) >= 11 is 0.946. The van der Waals surface area contributed by atoms with E-state index in [0.717, 1.165) is 18.3 Å². The average Bonchev–Trinajstić information content (AvgIpc) is 3.27. The van der Waals surface area contributed by atoms with Crippen LogP contribution in [0.3, 0.4) is 0 Å². The zero-order valence-electron chi connectivity index (χ0n) is 24.7. The van der Waals surface area contributed by atoms with Crippen LogP contribution in [0.15, 0.2) is 35.2 Å². The Labute approximate surface area is 268 Å². The van der Waals surface area contributed by atoms with Crippen LogP contribution in [-0.4, -0.2) is 77.1 Å². The zero-order valence-corrected chi connectivity index (χ0v) is 26.3. The number of amides is 1. The number of carbonyl (C=O) groups is 1. The van der Waals surface area contributed by atoms with Gasteiger partial charge in [-0.05, 0) is 30.5 Å². The number of piperidine rings is 1. The van der Waals surface area contributed by atoms with Crippen molar-refractivity contribution in [1.29, 1.82) is 0 Å². The number of hydrogen-bond acceptors (Lipinski definition) is 8. The van der Waals surface area contributed by atoms with E-state index in [1.165, 1.54) is 10.8 Å². The largest absolute Gasteiger partial charge is 0.482 e. The number of alkyl halides is 7. The van der Waals surface area contributed by atoms with Gasteiger partial charge < -0.3 is 20.3 Å². The van der Waals surface area contributed by atoms with Crippen LogP contribution in [0.25, 0.3) is 10.1 Å². The number of fused-ring (bicyclic) bond motifs is 1.